The molecule has 3 heterocycles. The highest BCUT2D eigenvalue weighted by atomic mass is 35.5. The van der Waals surface area contributed by atoms with E-state index in [1.54, 1.807) is 0 Å². The van der Waals surface area contributed by atoms with Gasteiger partial charge in [0.1, 0.15) is 10.7 Å². The molecular formula is C13H15ClF3N5O2S. The van der Waals surface area contributed by atoms with Crippen molar-refractivity contribution >= 4 is 33.9 Å². The van der Waals surface area contributed by atoms with E-state index >= 15 is 0 Å². The van der Waals surface area contributed by atoms with E-state index < -0.39 is 24.7 Å². The van der Waals surface area contributed by atoms with E-state index in [-0.39, 0.29) is 24.7 Å². The first-order valence-corrected chi connectivity index (χ1v) is 8.61. The second-order valence-corrected chi connectivity index (χ2v) is 6.99. The number of ether oxygens (including phenoxy) is 1. The number of halogens is 4. The molecule has 1 aliphatic heterocycles. The fraction of sp³-hybridized carbons (Fsp3) is 0.615. The van der Waals surface area contributed by atoms with Crippen LogP contribution in [0.3, 0.4) is 0 Å². The summed E-state index contributed by atoms with van der Waals surface area (Å²) < 4.78 is 44.0. The molecule has 7 nitrogen and oxygen atoms in total. The molecule has 1 aliphatic rings. The fourth-order valence-electron chi connectivity index (χ4n) is 2.65. The number of methoxy groups -OCH3 is 1. The van der Waals surface area contributed by atoms with Crippen molar-refractivity contribution in [3.63, 3.8) is 0 Å². The standard InChI is InChI=1S/C13H15ClF3N5O2S/c1-24-6-9-20-22-8(10(14)19-12(22)25-9)5-21-7(4-18-11(21)23)2-3-13(15,16)17/h7H,2-6H2,1H3,(H,18,23). The van der Waals surface area contributed by atoms with Crippen molar-refractivity contribution in [1.82, 2.24) is 24.8 Å². The molecule has 138 valence electrons. The predicted octanol–water partition coefficient (Wildman–Crippen LogP) is 2.83. The van der Waals surface area contributed by atoms with Gasteiger partial charge in [0.2, 0.25) is 4.96 Å². The molecule has 2 aromatic rings. The Kier molecular flexibility index (Phi) is 5.07. The Labute approximate surface area is 149 Å². The summed E-state index contributed by atoms with van der Waals surface area (Å²) in [6, 6.07) is -0.988. The number of aromatic nitrogens is 3. The van der Waals surface area contributed by atoms with Gasteiger partial charge in [0.15, 0.2) is 5.15 Å². The van der Waals surface area contributed by atoms with Crippen LogP contribution >= 0.6 is 22.9 Å². The highest BCUT2D eigenvalue weighted by Gasteiger charge is 2.36. The Morgan fingerprint density at radius 1 is 1.48 bits per heavy atom. The molecule has 1 unspecified atom stereocenters. The highest BCUT2D eigenvalue weighted by molar-refractivity contribution is 7.16. The van der Waals surface area contributed by atoms with Gasteiger partial charge in [-0.1, -0.05) is 22.9 Å². The number of carbonyl (C=O) groups is 1. The van der Waals surface area contributed by atoms with E-state index in [1.807, 2.05) is 0 Å². The molecule has 3 rings (SSSR count). The lowest BCUT2D eigenvalue weighted by Gasteiger charge is -2.23. The molecule has 0 bridgehead atoms. The SMILES string of the molecule is COCc1nn2c(CN3C(=O)NCC3CCC(F)(F)F)c(Cl)nc2s1. The summed E-state index contributed by atoms with van der Waals surface area (Å²) in [5.41, 5.74) is 0.462. The van der Waals surface area contributed by atoms with E-state index in [0.29, 0.717) is 22.3 Å². The maximum Gasteiger partial charge on any atom is 0.389 e. The second-order valence-electron chi connectivity index (χ2n) is 5.59. The van der Waals surface area contributed by atoms with Crippen LogP contribution in [0, 0.1) is 0 Å². The predicted molar refractivity (Wildman–Crippen MR) is 84.6 cm³/mol. The van der Waals surface area contributed by atoms with Crippen LogP contribution in [0.5, 0.6) is 0 Å². The number of alkyl halides is 3. The first kappa shape index (κ1) is 18.2. The molecule has 2 amide bonds. The minimum Gasteiger partial charge on any atom is -0.377 e. The van der Waals surface area contributed by atoms with Crippen LogP contribution in [-0.2, 0) is 17.9 Å². The van der Waals surface area contributed by atoms with Crippen LogP contribution in [0.2, 0.25) is 5.15 Å². The number of nitrogens with one attached hydrogen (secondary N) is 1. The zero-order valence-corrected chi connectivity index (χ0v) is 14.7. The van der Waals surface area contributed by atoms with Crippen molar-refractivity contribution in [2.45, 2.75) is 38.2 Å². The average Bonchev–Trinajstić information content (AvgIpc) is 3.13. The summed E-state index contributed by atoms with van der Waals surface area (Å²) in [7, 11) is 1.54. The number of rotatable bonds is 6. The fourth-order valence-corrected chi connectivity index (χ4v) is 3.81. The van der Waals surface area contributed by atoms with Gasteiger partial charge in [-0.05, 0) is 6.42 Å². The second kappa shape index (κ2) is 6.96. The maximum atomic E-state index is 12.5. The smallest absolute Gasteiger partial charge is 0.377 e. The van der Waals surface area contributed by atoms with Crippen molar-refractivity contribution in [2.24, 2.45) is 0 Å². The molecular weight excluding hydrogens is 383 g/mol. The summed E-state index contributed by atoms with van der Waals surface area (Å²) in [6.07, 6.45) is -5.38. The third-order valence-electron chi connectivity index (χ3n) is 3.83. The molecule has 0 spiro atoms. The van der Waals surface area contributed by atoms with E-state index in [4.69, 9.17) is 16.3 Å². The molecule has 1 N–H and O–H groups in total. The Bertz CT molecular complexity index is 778. The topological polar surface area (TPSA) is 71.8 Å². The molecule has 0 aromatic carbocycles. The Morgan fingerprint density at radius 3 is 2.92 bits per heavy atom. The van der Waals surface area contributed by atoms with Crippen LogP contribution < -0.4 is 5.32 Å². The zero-order valence-electron chi connectivity index (χ0n) is 13.1. The quantitative estimate of drug-likeness (QED) is 0.813. The summed E-state index contributed by atoms with van der Waals surface area (Å²) in [5.74, 6) is 0. The van der Waals surface area contributed by atoms with Gasteiger partial charge in [-0.15, -0.1) is 0 Å². The number of hydrogen-bond acceptors (Lipinski definition) is 5. The summed E-state index contributed by atoms with van der Waals surface area (Å²) in [5, 5.41) is 7.76. The molecule has 2 aromatic heterocycles. The number of urea groups is 1. The van der Waals surface area contributed by atoms with Crippen LogP contribution in [0.25, 0.3) is 4.96 Å². The highest BCUT2D eigenvalue weighted by Crippen LogP contribution is 2.28. The molecule has 1 saturated heterocycles. The van der Waals surface area contributed by atoms with Crippen LogP contribution in [0.15, 0.2) is 0 Å². The monoisotopic (exact) mass is 397 g/mol. The van der Waals surface area contributed by atoms with Crippen LogP contribution in [-0.4, -0.2) is 51.4 Å². The third-order valence-corrected chi connectivity index (χ3v) is 5.01. The molecule has 1 atom stereocenters. The Hall–Kier alpha value is -1.59. The lowest BCUT2D eigenvalue weighted by Crippen LogP contribution is -2.35. The third kappa shape index (κ3) is 3.98. The molecule has 1 fully saturated rings. The van der Waals surface area contributed by atoms with Gasteiger partial charge in [0, 0.05) is 20.1 Å². The van der Waals surface area contributed by atoms with Crippen molar-refractivity contribution in [3.8, 4) is 0 Å². The van der Waals surface area contributed by atoms with Crippen molar-refractivity contribution in [2.75, 3.05) is 13.7 Å². The minimum atomic E-state index is -4.26. The molecule has 25 heavy (non-hydrogen) atoms. The number of fused-ring (bicyclic) bond motifs is 1. The van der Waals surface area contributed by atoms with E-state index in [2.05, 4.69) is 15.4 Å². The Morgan fingerprint density at radius 2 is 2.24 bits per heavy atom. The number of hydrogen-bond donors (Lipinski definition) is 1. The lowest BCUT2D eigenvalue weighted by molar-refractivity contribution is -0.137. The van der Waals surface area contributed by atoms with Crippen molar-refractivity contribution < 1.29 is 22.7 Å². The normalized spacial score (nSPS) is 18.4. The zero-order chi connectivity index (χ0) is 18.2. The maximum absolute atomic E-state index is 12.5. The van der Waals surface area contributed by atoms with Crippen molar-refractivity contribution in [3.05, 3.63) is 15.9 Å². The minimum absolute atomic E-state index is 0.0323. The molecule has 12 heteroatoms. The van der Waals surface area contributed by atoms with E-state index in [1.165, 1.54) is 27.9 Å². The van der Waals surface area contributed by atoms with Crippen molar-refractivity contribution in [1.29, 1.82) is 0 Å². The molecule has 0 saturated carbocycles. The van der Waals surface area contributed by atoms with Gasteiger partial charge in [0.05, 0.1) is 19.2 Å². The van der Waals surface area contributed by atoms with Gasteiger partial charge in [0.25, 0.3) is 0 Å². The summed E-state index contributed by atoms with van der Waals surface area (Å²) >= 11 is 7.42. The number of nitrogens with zero attached hydrogens (tertiary/aromatic N) is 4. The lowest BCUT2D eigenvalue weighted by atomic mass is 10.1. The van der Waals surface area contributed by atoms with Gasteiger partial charge in [-0.2, -0.15) is 18.3 Å². The van der Waals surface area contributed by atoms with Gasteiger partial charge >= 0.3 is 12.2 Å². The molecule has 0 aliphatic carbocycles. The Balaban J connectivity index is 1.80. The number of imidazole rings is 1. The first-order chi connectivity index (χ1) is 11.8. The van der Waals surface area contributed by atoms with Crippen LogP contribution in [0.1, 0.15) is 23.5 Å². The molecule has 0 radical (unpaired) electrons. The summed E-state index contributed by atoms with van der Waals surface area (Å²) in [4.78, 5) is 18.1. The van der Waals surface area contributed by atoms with E-state index in [0.717, 1.165) is 0 Å². The van der Waals surface area contributed by atoms with Crippen LogP contribution in [0.4, 0.5) is 18.0 Å². The van der Waals surface area contributed by atoms with Gasteiger partial charge in [-0.3, -0.25) is 0 Å². The largest absolute Gasteiger partial charge is 0.389 e. The van der Waals surface area contributed by atoms with Gasteiger partial charge < -0.3 is 15.0 Å². The number of carbonyl (C=O) groups excluding carboxylic acids is 1. The average molecular weight is 398 g/mol. The van der Waals surface area contributed by atoms with Gasteiger partial charge in [-0.25, -0.2) is 14.3 Å². The first-order valence-electron chi connectivity index (χ1n) is 7.41. The summed E-state index contributed by atoms with van der Waals surface area (Å²) in [6.45, 7) is 0.508. The van der Waals surface area contributed by atoms with E-state index in [9.17, 15) is 18.0 Å². The number of amides is 2.